The summed E-state index contributed by atoms with van der Waals surface area (Å²) in [6.07, 6.45) is 0. The van der Waals surface area contributed by atoms with Crippen molar-refractivity contribution >= 4 is 32.9 Å². The Hall–Kier alpha value is -1.56. The highest BCUT2D eigenvalue weighted by molar-refractivity contribution is 9.10. The van der Waals surface area contributed by atoms with Crippen molar-refractivity contribution < 1.29 is 14.4 Å². The van der Waals surface area contributed by atoms with Gasteiger partial charge in [0, 0.05) is 4.47 Å². The molecule has 0 unspecified atom stereocenters. The maximum Gasteiger partial charge on any atom is 0.326 e. The first-order valence-electron chi connectivity index (χ1n) is 4.09. The predicted octanol–water partition coefficient (Wildman–Crippen LogP) is 1.44. The molecule has 15 heavy (non-hydrogen) atoms. The lowest BCUT2D eigenvalue weighted by atomic mass is 10.3. The first kappa shape index (κ1) is 9.97. The second-order valence-corrected chi connectivity index (χ2v) is 3.88. The van der Waals surface area contributed by atoms with Crippen molar-refractivity contribution in [1.29, 1.82) is 0 Å². The van der Waals surface area contributed by atoms with Gasteiger partial charge in [0.2, 0.25) is 0 Å². The number of carboxylic acids is 1. The number of fused-ring (bicyclic) bond motifs is 1. The number of benzene rings is 1. The molecule has 1 aromatic heterocycles. The highest BCUT2D eigenvalue weighted by Crippen LogP contribution is 2.17. The van der Waals surface area contributed by atoms with Crippen LogP contribution in [-0.4, -0.2) is 15.8 Å². The normalized spacial score (nSPS) is 10.7. The number of halogens is 1. The van der Waals surface area contributed by atoms with E-state index in [1.165, 1.54) is 0 Å². The molecule has 0 radical (unpaired) electrons. The second kappa shape index (κ2) is 3.54. The van der Waals surface area contributed by atoms with E-state index in [0.717, 1.165) is 9.21 Å². The van der Waals surface area contributed by atoms with E-state index in [1.807, 2.05) is 0 Å². The Kier molecular flexibility index (Phi) is 2.36. The van der Waals surface area contributed by atoms with Crippen molar-refractivity contribution in [2.75, 3.05) is 0 Å². The summed E-state index contributed by atoms with van der Waals surface area (Å²) in [6.45, 7) is -0.467. The van der Waals surface area contributed by atoms with Crippen LogP contribution in [0.4, 0.5) is 0 Å². The molecular weight excluding hydrogens is 266 g/mol. The molecule has 0 aliphatic heterocycles. The predicted molar refractivity (Wildman–Crippen MR) is 55.8 cm³/mol. The van der Waals surface area contributed by atoms with E-state index < -0.39 is 18.1 Å². The molecule has 1 heterocycles. The van der Waals surface area contributed by atoms with Gasteiger partial charge in [-0.25, -0.2) is 0 Å². The van der Waals surface area contributed by atoms with Crippen LogP contribution >= 0.6 is 15.9 Å². The minimum atomic E-state index is -1.12. The monoisotopic (exact) mass is 271 g/mol. The Morgan fingerprint density at radius 3 is 2.93 bits per heavy atom. The summed E-state index contributed by atoms with van der Waals surface area (Å²) in [5.74, 6) is -1.12. The minimum absolute atomic E-state index is 0.366. The maximum absolute atomic E-state index is 11.6. The van der Waals surface area contributed by atoms with Gasteiger partial charge in [-0.15, -0.1) is 0 Å². The fraction of sp³-hybridized carbons (Fsp3) is 0.111. The lowest BCUT2D eigenvalue weighted by Crippen LogP contribution is -2.19. The minimum Gasteiger partial charge on any atom is -0.480 e. The van der Waals surface area contributed by atoms with Crippen molar-refractivity contribution in [2.45, 2.75) is 6.54 Å². The average Bonchev–Trinajstić information content (AvgIpc) is 2.44. The highest BCUT2D eigenvalue weighted by Gasteiger charge is 2.11. The Morgan fingerprint density at radius 2 is 2.27 bits per heavy atom. The molecule has 1 N–H and O–H groups in total. The highest BCUT2D eigenvalue weighted by atomic mass is 79.9. The van der Waals surface area contributed by atoms with E-state index in [9.17, 15) is 9.59 Å². The number of carboxylic acid groups (broad SMARTS) is 1. The molecule has 1 aromatic carbocycles. The van der Waals surface area contributed by atoms with Crippen LogP contribution in [0.1, 0.15) is 0 Å². The van der Waals surface area contributed by atoms with E-state index in [1.54, 1.807) is 18.2 Å². The lowest BCUT2D eigenvalue weighted by Gasteiger charge is -1.91. The van der Waals surface area contributed by atoms with Gasteiger partial charge in [0.25, 0.3) is 5.56 Å². The molecule has 0 bridgehead atoms. The summed E-state index contributed by atoms with van der Waals surface area (Å²) in [5.41, 5.74) is -0.0573. The van der Waals surface area contributed by atoms with Crippen LogP contribution in [0.2, 0.25) is 0 Å². The Morgan fingerprint density at radius 1 is 1.53 bits per heavy atom. The molecule has 6 heteroatoms. The maximum atomic E-state index is 11.6. The van der Waals surface area contributed by atoms with Gasteiger partial charge in [-0.05, 0) is 18.2 Å². The van der Waals surface area contributed by atoms with Crippen LogP contribution in [0.5, 0.6) is 0 Å². The van der Waals surface area contributed by atoms with Gasteiger partial charge < -0.3 is 9.63 Å². The first-order chi connectivity index (χ1) is 7.08. The molecule has 0 atom stereocenters. The molecule has 2 rings (SSSR count). The van der Waals surface area contributed by atoms with Gasteiger partial charge >= 0.3 is 5.97 Å². The number of aromatic nitrogens is 1. The summed E-state index contributed by atoms with van der Waals surface area (Å²) in [6, 6.07) is 4.93. The Bertz CT molecular complexity index is 583. The van der Waals surface area contributed by atoms with Gasteiger partial charge in [-0.2, -0.15) is 4.74 Å². The van der Waals surface area contributed by atoms with E-state index in [0.29, 0.717) is 11.0 Å². The van der Waals surface area contributed by atoms with Crippen molar-refractivity contribution in [3.63, 3.8) is 0 Å². The van der Waals surface area contributed by atoms with Gasteiger partial charge in [0.15, 0.2) is 12.1 Å². The SMILES string of the molecule is O=C(O)Cn1oc2ccc(Br)cc2c1=O. The molecule has 0 aliphatic carbocycles. The number of carbonyl (C=O) groups is 1. The molecule has 2 aromatic rings. The third kappa shape index (κ3) is 1.80. The van der Waals surface area contributed by atoms with E-state index in [2.05, 4.69) is 15.9 Å². The summed E-state index contributed by atoms with van der Waals surface area (Å²) in [4.78, 5) is 22.0. The molecule has 0 fully saturated rings. The Balaban J connectivity index is 2.65. The molecule has 0 aliphatic rings. The van der Waals surface area contributed by atoms with Crippen LogP contribution in [0.25, 0.3) is 11.0 Å². The molecule has 78 valence electrons. The average molecular weight is 272 g/mol. The quantitative estimate of drug-likeness (QED) is 0.897. The fourth-order valence-electron chi connectivity index (χ4n) is 1.27. The Labute approximate surface area is 92.0 Å². The van der Waals surface area contributed by atoms with E-state index >= 15 is 0 Å². The summed E-state index contributed by atoms with van der Waals surface area (Å²) < 4.78 is 6.63. The summed E-state index contributed by atoms with van der Waals surface area (Å²) in [7, 11) is 0. The lowest BCUT2D eigenvalue weighted by molar-refractivity contribution is -0.138. The van der Waals surface area contributed by atoms with Crippen LogP contribution in [0.3, 0.4) is 0 Å². The van der Waals surface area contributed by atoms with Crippen LogP contribution in [-0.2, 0) is 11.3 Å². The van der Waals surface area contributed by atoms with E-state index in [-0.39, 0.29) is 0 Å². The fourth-order valence-corrected chi connectivity index (χ4v) is 1.63. The molecule has 0 saturated heterocycles. The molecule has 0 spiro atoms. The molecule has 5 nitrogen and oxygen atoms in total. The third-order valence-electron chi connectivity index (χ3n) is 1.89. The second-order valence-electron chi connectivity index (χ2n) is 2.97. The number of hydrogen-bond acceptors (Lipinski definition) is 3. The van der Waals surface area contributed by atoms with Gasteiger partial charge in [0.05, 0.1) is 5.39 Å². The molecular formula is C9H6BrNO4. The topological polar surface area (TPSA) is 72.4 Å². The zero-order valence-corrected chi connectivity index (χ0v) is 9.02. The number of nitrogens with zero attached hydrogens (tertiary/aromatic N) is 1. The van der Waals surface area contributed by atoms with Gasteiger partial charge in [0.1, 0.15) is 0 Å². The molecule has 0 amide bonds. The smallest absolute Gasteiger partial charge is 0.326 e. The largest absolute Gasteiger partial charge is 0.480 e. The zero-order valence-electron chi connectivity index (χ0n) is 7.44. The van der Waals surface area contributed by atoms with Crippen LogP contribution in [0, 0.1) is 0 Å². The standard InChI is InChI=1S/C9H6BrNO4/c10-5-1-2-7-6(3-5)9(14)11(15-7)4-8(12)13/h1-3H,4H2,(H,12,13). The van der Waals surface area contributed by atoms with Crippen molar-refractivity contribution in [1.82, 2.24) is 4.74 Å². The van der Waals surface area contributed by atoms with Gasteiger partial charge in [-0.3, -0.25) is 9.59 Å². The van der Waals surface area contributed by atoms with Gasteiger partial charge in [-0.1, -0.05) is 15.9 Å². The zero-order chi connectivity index (χ0) is 11.0. The first-order valence-corrected chi connectivity index (χ1v) is 4.88. The van der Waals surface area contributed by atoms with E-state index in [4.69, 9.17) is 9.63 Å². The van der Waals surface area contributed by atoms with Crippen LogP contribution < -0.4 is 5.56 Å². The number of rotatable bonds is 2. The van der Waals surface area contributed by atoms with Crippen molar-refractivity contribution in [3.8, 4) is 0 Å². The van der Waals surface area contributed by atoms with Crippen LogP contribution in [0.15, 0.2) is 32.0 Å². The molecule has 0 saturated carbocycles. The third-order valence-corrected chi connectivity index (χ3v) is 2.38. The summed E-state index contributed by atoms with van der Waals surface area (Å²) >= 11 is 3.22. The van der Waals surface area contributed by atoms with Crippen molar-refractivity contribution in [2.24, 2.45) is 0 Å². The summed E-state index contributed by atoms with van der Waals surface area (Å²) in [5, 5.41) is 8.91. The number of hydrogen-bond donors (Lipinski definition) is 1. The number of aliphatic carboxylic acids is 1. The van der Waals surface area contributed by atoms with Crippen molar-refractivity contribution in [3.05, 3.63) is 33.0 Å².